The monoisotopic (exact) mass is 342 g/mol. The van der Waals surface area contributed by atoms with Crippen molar-refractivity contribution < 1.29 is 4.74 Å². The molecule has 0 saturated carbocycles. The van der Waals surface area contributed by atoms with Crippen molar-refractivity contribution in [3.05, 3.63) is 29.7 Å². The second-order valence-electron chi connectivity index (χ2n) is 7.01. The second-order valence-corrected chi connectivity index (χ2v) is 7.01. The molecule has 25 heavy (non-hydrogen) atoms. The van der Waals surface area contributed by atoms with Crippen LogP contribution in [-0.2, 0) is 4.74 Å². The first kappa shape index (κ1) is 16.3. The van der Waals surface area contributed by atoms with E-state index in [1.165, 1.54) is 11.3 Å². The fourth-order valence-corrected chi connectivity index (χ4v) is 3.81. The summed E-state index contributed by atoms with van der Waals surface area (Å²) < 4.78 is 5.53. The second kappa shape index (κ2) is 7.39. The van der Waals surface area contributed by atoms with Crippen molar-refractivity contribution in [1.29, 1.82) is 0 Å². The third-order valence-electron chi connectivity index (χ3n) is 5.24. The van der Waals surface area contributed by atoms with Gasteiger partial charge in [-0.25, -0.2) is 4.98 Å². The molecule has 4 rings (SSSR count). The largest absolute Gasteiger partial charge is 0.379 e. The zero-order chi connectivity index (χ0) is 17.1. The number of hydrogen-bond donors (Lipinski definition) is 2. The summed E-state index contributed by atoms with van der Waals surface area (Å²) in [5, 5.41) is 10.7. The number of aryl methyl sites for hydroxylation is 1. The molecule has 7 nitrogen and oxygen atoms in total. The Balaban J connectivity index is 1.37. The maximum atomic E-state index is 5.53. The van der Waals surface area contributed by atoms with E-state index in [0.717, 1.165) is 63.8 Å². The van der Waals surface area contributed by atoms with E-state index in [9.17, 15) is 0 Å². The van der Waals surface area contributed by atoms with Gasteiger partial charge in [0, 0.05) is 31.6 Å². The number of hydrogen-bond acceptors (Lipinski definition) is 6. The summed E-state index contributed by atoms with van der Waals surface area (Å²) in [6.07, 6.45) is 8.28. The van der Waals surface area contributed by atoms with E-state index in [1.807, 2.05) is 18.5 Å². The van der Waals surface area contributed by atoms with Gasteiger partial charge in [-0.05, 0) is 50.2 Å². The summed E-state index contributed by atoms with van der Waals surface area (Å²) in [7, 11) is 0. The van der Waals surface area contributed by atoms with E-state index >= 15 is 0 Å². The van der Waals surface area contributed by atoms with E-state index < -0.39 is 0 Å². The number of piperidine rings is 1. The Labute approximate surface area is 148 Å². The van der Waals surface area contributed by atoms with Crippen LogP contribution in [0.25, 0.3) is 0 Å². The molecular formula is C18H26N6O. The van der Waals surface area contributed by atoms with Crippen molar-refractivity contribution in [2.45, 2.75) is 44.6 Å². The number of aromatic amines is 1. The highest BCUT2D eigenvalue weighted by atomic mass is 16.5. The van der Waals surface area contributed by atoms with Gasteiger partial charge in [-0.2, -0.15) is 10.1 Å². The number of rotatable bonds is 4. The molecule has 1 unspecified atom stereocenters. The van der Waals surface area contributed by atoms with E-state index in [1.54, 1.807) is 0 Å². The van der Waals surface area contributed by atoms with Crippen molar-refractivity contribution in [3.63, 3.8) is 0 Å². The summed E-state index contributed by atoms with van der Waals surface area (Å²) in [6, 6.07) is 2.30. The number of nitrogens with one attached hydrogen (secondary N) is 2. The van der Waals surface area contributed by atoms with Gasteiger partial charge < -0.3 is 15.0 Å². The predicted molar refractivity (Wildman–Crippen MR) is 97.0 cm³/mol. The lowest BCUT2D eigenvalue weighted by Gasteiger charge is -2.32. The molecule has 2 N–H and O–H groups in total. The minimum atomic E-state index is 0.353. The minimum Gasteiger partial charge on any atom is -0.379 e. The lowest BCUT2D eigenvalue weighted by atomic mass is 9.90. The van der Waals surface area contributed by atoms with E-state index in [0.29, 0.717) is 12.0 Å². The third-order valence-corrected chi connectivity index (χ3v) is 5.24. The first-order chi connectivity index (χ1) is 12.3. The lowest BCUT2D eigenvalue weighted by molar-refractivity contribution is 0.0875. The average Bonchev–Trinajstić information content (AvgIpc) is 3.09. The van der Waals surface area contributed by atoms with Crippen LogP contribution in [0.15, 0.2) is 18.5 Å². The molecule has 0 aliphatic carbocycles. The molecule has 0 radical (unpaired) electrons. The van der Waals surface area contributed by atoms with Crippen LogP contribution in [0, 0.1) is 6.92 Å². The molecule has 1 atom stereocenters. The van der Waals surface area contributed by atoms with E-state index in [-0.39, 0.29) is 0 Å². The van der Waals surface area contributed by atoms with Gasteiger partial charge in [-0.3, -0.25) is 5.10 Å². The molecular weight excluding hydrogens is 316 g/mol. The van der Waals surface area contributed by atoms with Crippen LogP contribution in [0.3, 0.4) is 0 Å². The molecule has 4 heterocycles. The van der Waals surface area contributed by atoms with Gasteiger partial charge in [-0.15, -0.1) is 0 Å². The Morgan fingerprint density at radius 1 is 1.28 bits per heavy atom. The van der Waals surface area contributed by atoms with Crippen molar-refractivity contribution in [3.8, 4) is 0 Å². The van der Waals surface area contributed by atoms with E-state index in [4.69, 9.17) is 9.72 Å². The topological polar surface area (TPSA) is 79.0 Å². The van der Waals surface area contributed by atoms with Gasteiger partial charge in [0.15, 0.2) is 0 Å². The molecule has 2 aromatic heterocycles. The zero-order valence-corrected chi connectivity index (χ0v) is 14.7. The van der Waals surface area contributed by atoms with Crippen LogP contribution >= 0.6 is 0 Å². The molecule has 2 aliphatic rings. The molecule has 2 saturated heterocycles. The minimum absolute atomic E-state index is 0.353. The Hall–Kier alpha value is -2.15. The highest BCUT2D eigenvalue weighted by Crippen LogP contribution is 2.30. The molecule has 0 spiro atoms. The molecule has 0 aromatic carbocycles. The maximum absolute atomic E-state index is 5.53. The number of aromatic nitrogens is 4. The molecule has 0 amide bonds. The van der Waals surface area contributed by atoms with Crippen LogP contribution in [0.2, 0.25) is 0 Å². The first-order valence-corrected chi connectivity index (χ1v) is 9.22. The molecule has 2 fully saturated rings. The highest BCUT2D eigenvalue weighted by molar-refractivity contribution is 5.42. The smallest absolute Gasteiger partial charge is 0.227 e. The van der Waals surface area contributed by atoms with Crippen LogP contribution < -0.4 is 10.2 Å². The molecule has 2 aromatic rings. The van der Waals surface area contributed by atoms with Crippen molar-refractivity contribution in [2.75, 3.05) is 36.5 Å². The van der Waals surface area contributed by atoms with Crippen LogP contribution in [0.4, 0.5) is 11.8 Å². The quantitative estimate of drug-likeness (QED) is 0.889. The standard InChI is InChI=1S/C18H26N6O/c1-13-16(11-20-23-13)14-5-8-24(9-6-14)18-19-7-4-17(22-18)21-15-3-2-10-25-12-15/h4,7,11,14-15H,2-3,5-6,8-10,12H2,1H3,(H,20,23)(H,19,21,22). The van der Waals surface area contributed by atoms with Crippen molar-refractivity contribution in [1.82, 2.24) is 20.2 Å². The van der Waals surface area contributed by atoms with Crippen LogP contribution in [0.1, 0.15) is 42.9 Å². The number of H-pyrrole nitrogens is 1. The Bertz CT molecular complexity index is 688. The lowest BCUT2D eigenvalue weighted by Crippen LogP contribution is -2.35. The van der Waals surface area contributed by atoms with Gasteiger partial charge >= 0.3 is 0 Å². The van der Waals surface area contributed by atoms with Gasteiger partial charge in [0.1, 0.15) is 5.82 Å². The fourth-order valence-electron chi connectivity index (χ4n) is 3.81. The van der Waals surface area contributed by atoms with Gasteiger partial charge in [0.25, 0.3) is 0 Å². The van der Waals surface area contributed by atoms with Gasteiger partial charge in [-0.1, -0.05) is 0 Å². The summed E-state index contributed by atoms with van der Waals surface area (Å²) in [6.45, 7) is 5.69. The molecule has 134 valence electrons. The SMILES string of the molecule is Cc1[nH]ncc1C1CCN(c2nccc(NC3CCCOC3)n2)CC1. The maximum Gasteiger partial charge on any atom is 0.227 e. The zero-order valence-electron chi connectivity index (χ0n) is 14.7. The van der Waals surface area contributed by atoms with Crippen molar-refractivity contribution in [2.24, 2.45) is 0 Å². The van der Waals surface area contributed by atoms with Crippen LogP contribution in [-0.4, -0.2) is 52.5 Å². The van der Waals surface area contributed by atoms with Gasteiger partial charge in [0.05, 0.1) is 18.8 Å². The van der Waals surface area contributed by atoms with Gasteiger partial charge in [0.2, 0.25) is 5.95 Å². The number of nitrogens with zero attached hydrogens (tertiary/aromatic N) is 4. The molecule has 2 aliphatic heterocycles. The summed E-state index contributed by atoms with van der Waals surface area (Å²) in [4.78, 5) is 11.5. The summed E-state index contributed by atoms with van der Waals surface area (Å²) in [5.74, 6) is 2.30. The molecule has 7 heteroatoms. The Morgan fingerprint density at radius 3 is 2.88 bits per heavy atom. The molecule has 0 bridgehead atoms. The van der Waals surface area contributed by atoms with E-state index in [2.05, 4.69) is 32.3 Å². The number of ether oxygens (including phenoxy) is 1. The van der Waals surface area contributed by atoms with Crippen LogP contribution in [0.5, 0.6) is 0 Å². The normalized spacial score (nSPS) is 22.1. The fraction of sp³-hybridized carbons (Fsp3) is 0.611. The summed E-state index contributed by atoms with van der Waals surface area (Å²) in [5.41, 5.74) is 2.55. The predicted octanol–water partition coefficient (Wildman–Crippen LogP) is 2.48. The highest BCUT2D eigenvalue weighted by Gasteiger charge is 2.24. The Morgan fingerprint density at radius 2 is 2.16 bits per heavy atom. The van der Waals surface area contributed by atoms with Crippen molar-refractivity contribution >= 4 is 11.8 Å². The average molecular weight is 342 g/mol. The Kier molecular flexibility index (Phi) is 4.83. The first-order valence-electron chi connectivity index (χ1n) is 9.22. The third kappa shape index (κ3) is 3.76. The number of anilines is 2. The summed E-state index contributed by atoms with van der Waals surface area (Å²) >= 11 is 0.